The monoisotopic (exact) mass is 373 g/mol. The molecule has 2 N–H and O–H groups in total. The predicted octanol–water partition coefficient (Wildman–Crippen LogP) is 3.69. The molecule has 6 heteroatoms. The summed E-state index contributed by atoms with van der Waals surface area (Å²) in [7, 11) is 2.09. The molecule has 1 amide bonds. The number of hydrogen-bond acceptors (Lipinski definition) is 4. The number of nitriles is 1. The minimum absolute atomic E-state index is 0.0342. The molecule has 1 aliphatic rings. The van der Waals surface area contributed by atoms with Crippen molar-refractivity contribution >= 4 is 22.6 Å². The van der Waals surface area contributed by atoms with Gasteiger partial charge in [0.1, 0.15) is 0 Å². The highest BCUT2D eigenvalue weighted by Gasteiger charge is 2.24. The summed E-state index contributed by atoms with van der Waals surface area (Å²) < 4.78 is 0. The van der Waals surface area contributed by atoms with E-state index < -0.39 is 0 Å². The summed E-state index contributed by atoms with van der Waals surface area (Å²) in [6, 6.07) is 13.9. The highest BCUT2D eigenvalue weighted by atomic mass is 16.2. The summed E-state index contributed by atoms with van der Waals surface area (Å²) in [6.07, 6.45) is 1.75. The van der Waals surface area contributed by atoms with Gasteiger partial charge in [0.25, 0.3) is 0 Å². The summed E-state index contributed by atoms with van der Waals surface area (Å²) >= 11 is 0. The topological polar surface area (TPSA) is 84.8 Å². The van der Waals surface area contributed by atoms with Crippen LogP contribution >= 0.6 is 0 Å². The number of fused-ring (bicyclic) bond motifs is 1. The van der Waals surface area contributed by atoms with Gasteiger partial charge in [0.15, 0.2) is 5.82 Å². The van der Waals surface area contributed by atoms with Crippen LogP contribution in [-0.4, -0.2) is 41.1 Å². The van der Waals surface area contributed by atoms with Crippen LogP contribution in [-0.2, 0) is 4.79 Å². The Morgan fingerprint density at radius 1 is 1.25 bits per heavy atom. The van der Waals surface area contributed by atoms with E-state index in [2.05, 4.69) is 33.5 Å². The van der Waals surface area contributed by atoms with Gasteiger partial charge in [-0.3, -0.25) is 9.89 Å². The normalized spacial score (nSPS) is 15.5. The molecule has 4 rings (SSSR count). The molecule has 0 atom stereocenters. The second-order valence-corrected chi connectivity index (χ2v) is 7.54. The van der Waals surface area contributed by atoms with Crippen LogP contribution in [0.5, 0.6) is 0 Å². The molecule has 0 saturated carbocycles. The number of likely N-dealkylation sites (tertiary alicyclic amines) is 1. The first-order valence-electron chi connectivity index (χ1n) is 9.54. The molecule has 0 unspecified atom stereocenters. The molecular formula is C22H23N5O. The largest absolute Gasteiger partial charge is 0.308 e. The smallest absolute Gasteiger partial charge is 0.228 e. The molecule has 1 fully saturated rings. The summed E-state index contributed by atoms with van der Waals surface area (Å²) in [4.78, 5) is 14.9. The zero-order chi connectivity index (χ0) is 19.7. The Balaban J connectivity index is 1.62. The number of benzene rings is 2. The maximum absolute atomic E-state index is 12.7. The number of amides is 1. The summed E-state index contributed by atoms with van der Waals surface area (Å²) in [6.45, 7) is 3.89. The quantitative estimate of drug-likeness (QED) is 0.733. The van der Waals surface area contributed by atoms with Crippen molar-refractivity contribution in [2.75, 3.05) is 25.5 Å². The van der Waals surface area contributed by atoms with Gasteiger partial charge in [-0.25, -0.2) is 0 Å². The Hall–Kier alpha value is -3.17. The SMILES string of the molecule is Cc1cc(C#N)ccc1-c1ccc2[nH]nc(NC(=O)C3CCN(C)CC3)c2c1. The van der Waals surface area contributed by atoms with Crippen molar-refractivity contribution in [2.45, 2.75) is 19.8 Å². The molecule has 0 aliphatic carbocycles. The van der Waals surface area contributed by atoms with Crippen LogP contribution in [0.3, 0.4) is 0 Å². The Bertz CT molecular complexity index is 1070. The van der Waals surface area contributed by atoms with Crippen LogP contribution < -0.4 is 5.32 Å². The lowest BCUT2D eigenvalue weighted by atomic mass is 9.96. The van der Waals surface area contributed by atoms with Crippen molar-refractivity contribution in [3.8, 4) is 17.2 Å². The predicted molar refractivity (Wildman–Crippen MR) is 110 cm³/mol. The molecule has 2 aromatic carbocycles. The van der Waals surface area contributed by atoms with Gasteiger partial charge >= 0.3 is 0 Å². The molecule has 0 spiro atoms. The highest BCUT2D eigenvalue weighted by Crippen LogP contribution is 2.30. The lowest BCUT2D eigenvalue weighted by Crippen LogP contribution is -2.36. The third-order valence-electron chi connectivity index (χ3n) is 5.56. The van der Waals surface area contributed by atoms with Crippen molar-refractivity contribution in [2.24, 2.45) is 5.92 Å². The van der Waals surface area contributed by atoms with E-state index in [0.717, 1.165) is 53.5 Å². The van der Waals surface area contributed by atoms with Gasteiger partial charge in [0.05, 0.1) is 17.1 Å². The number of carbonyl (C=O) groups excluding carboxylic acids is 1. The number of rotatable bonds is 3. The zero-order valence-electron chi connectivity index (χ0n) is 16.1. The van der Waals surface area contributed by atoms with E-state index in [0.29, 0.717) is 11.4 Å². The molecule has 2 heterocycles. The van der Waals surface area contributed by atoms with Crippen LogP contribution in [0.1, 0.15) is 24.0 Å². The van der Waals surface area contributed by atoms with E-state index in [-0.39, 0.29) is 11.8 Å². The third kappa shape index (κ3) is 3.49. The molecule has 1 aliphatic heterocycles. The van der Waals surface area contributed by atoms with Crippen LogP contribution in [0.25, 0.3) is 22.0 Å². The van der Waals surface area contributed by atoms with Gasteiger partial charge < -0.3 is 10.2 Å². The lowest BCUT2D eigenvalue weighted by molar-refractivity contribution is -0.121. The van der Waals surface area contributed by atoms with Gasteiger partial charge in [-0.05, 0) is 80.9 Å². The van der Waals surface area contributed by atoms with E-state index in [9.17, 15) is 4.79 Å². The molecule has 28 heavy (non-hydrogen) atoms. The summed E-state index contributed by atoms with van der Waals surface area (Å²) in [5, 5.41) is 20.3. The average molecular weight is 373 g/mol. The second kappa shape index (κ2) is 7.45. The van der Waals surface area contributed by atoms with Gasteiger partial charge in [0.2, 0.25) is 5.91 Å². The molecular weight excluding hydrogens is 350 g/mol. The van der Waals surface area contributed by atoms with Crippen molar-refractivity contribution in [3.63, 3.8) is 0 Å². The molecule has 1 aromatic heterocycles. The Kier molecular flexibility index (Phi) is 4.84. The number of aryl methyl sites for hydroxylation is 1. The number of H-pyrrole nitrogens is 1. The van der Waals surface area contributed by atoms with E-state index in [4.69, 9.17) is 5.26 Å². The Morgan fingerprint density at radius 3 is 2.75 bits per heavy atom. The molecule has 0 bridgehead atoms. The number of anilines is 1. The lowest BCUT2D eigenvalue weighted by Gasteiger charge is -2.27. The van der Waals surface area contributed by atoms with E-state index in [1.165, 1.54) is 0 Å². The Morgan fingerprint density at radius 2 is 2.04 bits per heavy atom. The number of hydrogen-bond donors (Lipinski definition) is 2. The highest BCUT2D eigenvalue weighted by molar-refractivity contribution is 6.01. The maximum atomic E-state index is 12.7. The van der Waals surface area contributed by atoms with Crippen LogP contribution in [0.15, 0.2) is 36.4 Å². The molecule has 142 valence electrons. The van der Waals surface area contributed by atoms with Gasteiger partial charge in [-0.15, -0.1) is 0 Å². The van der Waals surface area contributed by atoms with E-state index >= 15 is 0 Å². The molecule has 0 radical (unpaired) electrons. The van der Waals surface area contributed by atoms with Crippen LogP contribution in [0.2, 0.25) is 0 Å². The number of aromatic nitrogens is 2. The van der Waals surface area contributed by atoms with E-state index in [1.54, 1.807) is 0 Å². The van der Waals surface area contributed by atoms with Crippen LogP contribution in [0, 0.1) is 24.2 Å². The third-order valence-corrected chi connectivity index (χ3v) is 5.56. The maximum Gasteiger partial charge on any atom is 0.228 e. The first kappa shape index (κ1) is 18.2. The van der Waals surface area contributed by atoms with Gasteiger partial charge in [0, 0.05) is 11.3 Å². The first-order chi connectivity index (χ1) is 13.5. The first-order valence-corrected chi connectivity index (χ1v) is 9.54. The van der Waals surface area contributed by atoms with Crippen LogP contribution in [0.4, 0.5) is 5.82 Å². The molecule has 3 aromatic rings. The Labute approximate surface area is 164 Å². The van der Waals surface area contributed by atoms with Crippen molar-refractivity contribution in [3.05, 3.63) is 47.5 Å². The minimum atomic E-state index is 0.0342. The van der Waals surface area contributed by atoms with Crippen molar-refractivity contribution in [1.29, 1.82) is 5.26 Å². The van der Waals surface area contributed by atoms with E-state index in [1.807, 2.05) is 43.3 Å². The fraction of sp³-hybridized carbons (Fsp3) is 0.318. The number of aromatic amines is 1. The number of nitrogens with zero attached hydrogens (tertiary/aromatic N) is 3. The fourth-order valence-electron chi connectivity index (χ4n) is 3.82. The summed E-state index contributed by atoms with van der Waals surface area (Å²) in [5.74, 6) is 0.653. The van der Waals surface area contributed by atoms with Gasteiger partial charge in [-0.1, -0.05) is 12.1 Å². The summed E-state index contributed by atoms with van der Waals surface area (Å²) in [5.41, 5.74) is 4.67. The van der Waals surface area contributed by atoms with Crippen molar-refractivity contribution < 1.29 is 4.79 Å². The number of nitrogens with one attached hydrogen (secondary N) is 2. The fourth-order valence-corrected chi connectivity index (χ4v) is 3.82. The zero-order valence-corrected chi connectivity index (χ0v) is 16.1. The second-order valence-electron chi connectivity index (χ2n) is 7.54. The molecule has 6 nitrogen and oxygen atoms in total. The van der Waals surface area contributed by atoms with Crippen molar-refractivity contribution in [1.82, 2.24) is 15.1 Å². The standard InChI is InChI=1S/C22H23N5O/c1-14-11-15(13-23)3-5-18(14)17-4-6-20-19(12-17)21(26-25-20)24-22(28)16-7-9-27(2)10-8-16/h3-6,11-12,16H,7-10H2,1-2H3,(H2,24,25,26,28). The van der Waals surface area contributed by atoms with Gasteiger partial charge in [-0.2, -0.15) is 10.4 Å². The minimum Gasteiger partial charge on any atom is -0.308 e. The average Bonchev–Trinajstić information content (AvgIpc) is 3.10. The number of carbonyl (C=O) groups is 1. The number of piperidine rings is 1. The molecule has 1 saturated heterocycles.